The van der Waals surface area contributed by atoms with E-state index in [0.29, 0.717) is 18.7 Å². The molecule has 2 heterocycles. The van der Waals surface area contributed by atoms with E-state index >= 15 is 0 Å². The first-order valence-electron chi connectivity index (χ1n) is 10.0. The van der Waals surface area contributed by atoms with E-state index in [1.807, 2.05) is 43.3 Å². The summed E-state index contributed by atoms with van der Waals surface area (Å²) in [6, 6.07) is 13.5. The fraction of sp³-hybridized carbons (Fsp3) is 0.409. The third-order valence-corrected chi connectivity index (χ3v) is 5.00. The topological polar surface area (TPSA) is 74.8 Å². The third-order valence-electron chi connectivity index (χ3n) is 5.00. The van der Waals surface area contributed by atoms with Crippen LogP contribution in [0.25, 0.3) is 0 Å². The van der Waals surface area contributed by atoms with E-state index in [9.17, 15) is 9.59 Å². The number of rotatable bonds is 7. The zero-order chi connectivity index (χ0) is 20.6. The lowest BCUT2D eigenvalue weighted by atomic mass is 10.1. The molecule has 0 saturated carbocycles. The van der Waals surface area contributed by atoms with Gasteiger partial charge in [0.25, 0.3) is 0 Å². The molecule has 1 aromatic heterocycles. The minimum absolute atomic E-state index is 0.00731. The molecule has 1 atom stereocenters. The molecule has 29 heavy (non-hydrogen) atoms. The first kappa shape index (κ1) is 20.8. The van der Waals surface area contributed by atoms with Gasteiger partial charge in [-0.25, -0.2) is 9.78 Å². The van der Waals surface area contributed by atoms with Crippen molar-refractivity contribution in [2.45, 2.75) is 19.9 Å². The van der Waals surface area contributed by atoms with Crippen LogP contribution in [0, 0.1) is 0 Å². The Balaban J connectivity index is 1.45. The van der Waals surface area contributed by atoms with Crippen LogP contribution in [0.15, 0.2) is 48.7 Å². The maximum atomic E-state index is 12.4. The van der Waals surface area contributed by atoms with E-state index in [0.717, 1.165) is 37.6 Å². The number of hydrogen-bond acceptors (Lipinski definition) is 6. The Labute approximate surface area is 171 Å². The molecule has 1 aliphatic rings. The van der Waals surface area contributed by atoms with Gasteiger partial charge in [0.2, 0.25) is 5.91 Å². The Morgan fingerprint density at radius 3 is 2.45 bits per heavy atom. The fourth-order valence-electron chi connectivity index (χ4n) is 3.36. The van der Waals surface area contributed by atoms with E-state index < -0.39 is 0 Å². The molecule has 1 amide bonds. The zero-order valence-electron chi connectivity index (χ0n) is 17.0. The first-order valence-corrected chi connectivity index (χ1v) is 10.0. The number of carbonyl (C=O) groups is 2. The van der Waals surface area contributed by atoms with Gasteiger partial charge in [-0.2, -0.15) is 0 Å². The molecule has 1 saturated heterocycles. The van der Waals surface area contributed by atoms with Crippen LogP contribution in [0.2, 0.25) is 0 Å². The quantitative estimate of drug-likeness (QED) is 0.724. The van der Waals surface area contributed by atoms with Crippen LogP contribution in [0.5, 0.6) is 0 Å². The smallest absolute Gasteiger partial charge is 0.339 e. The molecule has 1 unspecified atom stereocenters. The van der Waals surface area contributed by atoms with Gasteiger partial charge < -0.3 is 15.0 Å². The predicted octanol–water partition coefficient (Wildman–Crippen LogP) is 2.26. The Kier molecular flexibility index (Phi) is 7.19. The van der Waals surface area contributed by atoms with Gasteiger partial charge in [0.15, 0.2) is 0 Å². The van der Waals surface area contributed by atoms with Crippen LogP contribution in [0.3, 0.4) is 0 Å². The van der Waals surface area contributed by atoms with Gasteiger partial charge in [-0.05, 0) is 31.5 Å². The highest BCUT2D eigenvalue weighted by molar-refractivity contribution is 5.89. The molecule has 2 aromatic rings. The molecular formula is C22H28N4O3. The zero-order valence-corrected chi connectivity index (χ0v) is 17.0. The van der Waals surface area contributed by atoms with Crippen molar-refractivity contribution < 1.29 is 14.3 Å². The second-order valence-electron chi connectivity index (χ2n) is 7.09. The Morgan fingerprint density at radius 1 is 1.10 bits per heavy atom. The number of amides is 1. The van der Waals surface area contributed by atoms with Crippen molar-refractivity contribution in [1.82, 2.24) is 15.2 Å². The second kappa shape index (κ2) is 10.0. The molecule has 0 radical (unpaired) electrons. The summed E-state index contributed by atoms with van der Waals surface area (Å²) in [5.74, 6) is 0.513. The van der Waals surface area contributed by atoms with Crippen LogP contribution in [0.1, 0.15) is 35.8 Å². The number of hydrogen-bond donors (Lipinski definition) is 1. The number of pyridine rings is 1. The van der Waals surface area contributed by atoms with E-state index in [-0.39, 0.29) is 17.9 Å². The summed E-state index contributed by atoms with van der Waals surface area (Å²) in [5, 5.41) is 3.06. The van der Waals surface area contributed by atoms with E-state index in [4.69, 9.17) is 4.74 Å². The summed E-state index contributed by atoms with van der Waals surface area (Å²) in [6.07, 6.45) is 1.55. The lowest BCUT2D eigenvalue weighted by molar-refractivity contribution is -0.123. The average Bonchev–Trinajstić information content (AvgIpc) is 2.75. The van der Waals surface area contributed by atoms with Crippen LogP contribution < -0.4 is 10.2 Å². The van der Waals surface area contributed by atoms with Crippen LogP contribution in [-0.4, -0.2) is 61.1 Å². The minimum atomic E-state index is -0.355. The Bertz CT molecular complexity index is 803. The van der Waals surface area contributed by atoms with Gasteiger partial charge in [-0.1, -0.05) is 30.3 Å². The average molecular weight is 396 g/mol. The number of anilines is 1. The van der Waals surface area contributed by atoms with Gasteiger partial charge in [0, 0.05) is 32.4 Å². The third kappa shape index (κ3) is 5.77. The highest BCUT2D eigenvalue weighted by Gasteiger charge is 2.21. The summed E-state index contributed by atoms with van der Waals surface area (Å²) in [7, 11) is 0. The summed E-state index contributed by atoms with van der Waals surface area (Å²) in [4.78, 5) is 32.8. The lowest BCUT2D eigenvalue weighted by Crippen LogP contribution is -2.49. The number of carbonyl (C=O) groups excluding carboxylic acids is 2. The largest absolute Gasteiger partial charge is 0.462 e. The standard InChI is InChI=1S/C22H28N4O3/c1-3-29-22(28)19-9-10-20(23-15-19)26-13-11-25(12-14-26)16-21(27)24-17(2)18-7-5-4-6-8-18/h4-10,15,17H,3,11-14,16H2,1-2H3,(H,24,27). The first-order chi connectivity index (χ1) is 14.1. The summed E-state index contributed by atoms with van der Waals surface area (Å²) < 4.78 is 4.98. The van der Waals surface area contributed by atoms with Crippen molar-refractivity contribution >= 4 is 17.7 Å². The minimum Gasteiger partial charge on any atom is -0.462 e. The van der Waals surface area contributed by atoms with Crippen molar-refractivity contribution in [2.24, 2.45) is 0 Å². The number of ether oxygens (including phenoxy) is 1. The molecule has 154 valence electrons. The van der Waals surface area contributed by atoms with E-state index in [2.05, 4.69) is 20.1 Å². The summed E-state index contributed by atoms with van der Waals surface area (Å²) >= 11 is 0. The van der Waals surface area contributed by atoms with Crippen molar-refractivity contribution in [3.05, 3.63) is 59.8 Å². The van der Waals surface area contributed by atoms with Crippen LogP contribution >= 0.6 is 0 Å². The maximum absolute atomic E-state index is 12.4. The van der Waals surface area contributed by atoms with Gasteiger partial charge in [0.05, 0.1) is 24.8 Å². The molecule has 7 nitrogen and oxygen atoms in total. The van der Waals surface area contributed by atoms with Crippen LogP contribution in [0.4, 0.5) is 5.82 Å². The Hall–Kier alpha value is -2.93. The van der Waals surface area contributed by atoms with Gasteiger partial charge >= 0.3 is 5.97 Å². The van der Waals surface area contributed by atoms with Crippen molar-refractivity contribution in [1.29, 1.82) is 0 Å². The number of nitrogens with zero attached hydrogens (tertiary/aromatic N) is 3. The van der Waals surface area contributed by atoms with E-state index in [1.165, 1.54) is 0 Å². The molecule has 1 aromatic carbocycles. The molecule has 0 spiro atoms. The van der Waals surface area contributed by atoms with Crippen molar-refractivity contribution in [2.75, 3.05) is 44.2 Å². The monoisotopic (exact) mass is 396 g/mol. The molecule has 0 aliphatic carbocycles. The Morgan fingerprint density at radius 2 is 1.83 bits per heavy atom. The number of nitrogens with one attached hydrogen (secondary N) is 1. The number of piperazine rings is 1. The molecule has 3 rings (SSSR count). The van der Waals surface area contributed by atoms with Crippen molar-refractivity contribution in [3.8, 4) is 0 Å². The molecule has 0 bridgehead atoms. The summed E-state index contributed by atoms with van der Waals surface area (Å²) in [6.45, 7) is 7.66. The predicted molar refractivity (Wildman–Crippen MR) is 112 cm³/mol. The van der Waals surface area contributed by atoms with E-state index in [1.54, 1.807) is 19.2 Å². The summed E-state index contributed by atoms with van der Waals surface area (Å²) in [5.41, 5.74) is 1.56. The highest BCUT2D eigenvalue weighted by atomic mass is 16.5. The number of aromatic nitrogens is 1. The second-order valence-corrected chi connectivity index (χ2v) is 7.09. The van der Waals surface area contributed by atoms with Crippen LogP contribution in [-0.2, 0) is 9.53 Å². The molecule has 7 heteroatoms. The SMILES string of the molecule is CCOC(=O)c1ccc(N2CCN(CC(=O)NC(C)c3ccccc3)CC2)nc1. The molecular weight excluding hydrogens is 368 g/mol. The number of esters is 1. The van der Waals surface area contributed by atoms with Crippen molar-refractivity contribution in [3.63, 3.8) is 0 Å². The number of benzene rings is 1. The molecule has 1 N–H and O–H groups in total. The van der Waals surface area contributed by atoms with Gasteiger partial charge in [-0.15, -0.1) is 0 Å². The fourth-order valence-corrected chi connectivity index (χ4v) is 3.36. The molecule has 1 aliphatic heterocycles. The van der Waals surface area contributed by atoms with Gasteiger partial charge in [0.1, 0.15) is 5.82 Å². The molecule has 1 fully saturated rings. The highest BCUT2D eigenvalue weighted by Crippen LogP contribution is 2.15. The lowest BCUT2D eigenvalue weighted by Gasteiger charge is -2.35. The normalized spacial score (nSPS) is 15.6. The maximum Gasteiger partial charge on any atom is 0.339 e. The van der Waals surface area contributed by atoms with Gasteiger partial charge in [-0.3, -0.25) is 9.69 Å².